The topological polar surface area (TPSA) is 35.2 Å². The van der Waals surface area contributed by atoms with Crippen molar-refractivity contribution in [2.75, 3.05) is 7.11 Å². The standard InChI is InChI=1S/C8H17NO/c1-4-6-7(9)8(5-2)10-3/h4,7-8H,1,5-6,9H2,2-3H3. The van der Waals surface area contributed by atoms with Crippen LogP contribution in [0.25, 0.3) is 0 Å². The summed E-state index contributed by atoms with van der Waals surface area (Å²) in [6.07, 6.45) is 3.79. The molecule has 2 unspecified atom stereocenters. The third-order valence-corrected chi connectivity index (χ3v) is 1.62. The van der Waals surface area contributed by atoms with E-state index in [4.69, 9.17) is 10.5 Å². The molecule has 0 amide bonds. The van der Waals surface area contributed by atoms with Crippen LogP contribution in [0.1, 0.15) is 19.8 Å². The highest BCUT2D eigenvalue weighted by molar-refractivity contribution is 4.80. The normalized spacial score (nSPS) is 16.3. The highest BCUT2D eigenvalue weighted by Crippen LogP contribution is 2.04. The van der Waals surface area contributed by atoms with Gasteiger partial charge in [0, 0.05) is 13.2 Å². The average Bonchev–Trinajstić information content (AvgIpc) is 1.91. The zero-order chi connectivity index (χ0) is 7.98. The molecule has 2 atom stereocenters. The van der Waals surface area contributed by atoms with E-state index in [2.05, 4.69) is 13.5 Å². The van der Waals surface area contributed by atoms with Crippen molar-refractivity contribution < 1.29 is 4.74 Å². The lowest BCUT2D eigenvalue weighted by Gasteiger charge is -2.19. The molecule has 0 aromatic rings. The summed E-state index contributed by atoms with van der Waals surface area (Å²) in [6, 6.07) is 0.104. The molecule has 0 aliphatic heterocycles. The fraction of sp³-hybridized carbons (Fsp3) is 0.750. The minimum absolute atomic E-state index is 0.104. The van der Waals surface area contributed by atoms with Crippen molar-refractivity contribution in [3.8, 4) is 0 Å². The molecule has 0 saturated carbocycles. The maximum atomic E-state index is 5.75. The van der Waals surface area contributed by atoms with Gasteiger partial charge in [0.15, 0.2) is 0 Å². The second-order valence-corrected chi connectivity index (χ2v) is 2.37. The van der Waals surface area contributed by atoms with Crippen molar-refractivity contribution in [2.24, 2.45) is 5.73 Å². The lowest BCUT2D eigenvalue weighted by atomic mass is 10.1. The van der Waals surface area contributed by atoms with Gasteiger partial charge in [-0.2, -0.15) is 0 Å². The Bertz CT molecular complexity index is 89.3. The van der Waals surface area contributed by atoms with E-state index >= 15 is 0 Å². The SMILES string of the molecule is C=CCC(N)C(CC)OC. The van der Waals surface area contributed by atoms with Crippen molar-refractivity contribution in [3.63, 3.8) is 0 Å². The monoisotopic (exact) mass is 143 g/mol. The minimum atomic E-state index is 0.104. The molecule has 0 fully saturated rings. The molecule has 0 radical (unpaired) electrons. The van der Waals surface area contributed by atoms with Crippen LogP contribution in [0.4, 0.5) is 0 Å². The van der Waals surface area contributed by atoms with Crippen LogP contribution >= 0.6 is 0 Å². The Balaban J connectivity index is 3.63. The Hall–Kier alpha value is -0.340. The molecule has 0 aliphatic rings. The zero-order valence-corrected chi connectivity index (χ0v) is 6.84. The van der Waals surface area contributed by atoms with Crippen LogP contribution in [0.3, 0.4) is 0 Å². The third-order valence-electron chi connectivity index (χ3n) is 1.62. The van der Waals surface area contributed by atoms with Crippen LogP contribution in [0.15, 0.2) is 12.7 Å². The van der Waals surface area contributed by atoms with E-state index in [0.717, 1.165) is 12.8 Å². The minimum Gasteiger partial charge on any atom is -0.380 e. The Morgan fingerprint density at radius 1 is 1.70 bits per heavy atom. The van der Waals surface area contributed by atoms with E-state index in [0.29, 0.717) is 0 Å². The van der Waals surface area contributed by atoms with Gasteiger partial charge in [0.2, 0.25) is 0 Å². The molecule has 0 spiro atoms. The van der Waals surface area contributed by atoms with Gasteiger partial charge in [-0.15, -0.1) is 6.58 Å². The number of nitrogens with two attached hydrogens (primary N) is 1. The number of rotatable bonds is 5. The van der Waals surface area contributed by atoms with Gasteiger partial charge in [0.1, 0.15) is 0 Å². The van der Waals surface area contributed by atoms with Crippen LogP contribution in [-0.4, -0.2) is 19.3 Å². The molecule has 60 valence electrons. The van der Waals surface area contributed by atoms with Gasteiger partial charge in [-0.25, -0.2) is 0 Å². The number of ether oxygens (including phenoxy) is 1. The largest absolute Gasteiger partial charge is 0.380 e. The van der Waals surface area contributed by atoms with Gasteiger partial charge in [-0.3, -0.25) is 0 Å². The van der Waals surface area contributed by atoms with Gasteiger partial charge >= 0.3 is 0 Å². The summed E-state index contributed by atoms with van der Waals surface area (Å²) in [5.74, 6) is 0. The second kappa shape index (κ2) is 5.45. The third kappa shape index (κ3) is 2.99. The lowest BCUT2D eigenvalue weighted by Crippen LogP contribution is -2.34. The molecule has 2 heteroatoms. The first-order chi connectivity index (χ1) is 4.76. The van der Waals surface area contributed by atoms with Crippen molar-refractivity contribution in [3.05, 3.63) is 12.7 Å². The van der Waals surface area contributed by atoms with Crippen molar-refractivity contribution in [1.82, 2.24) is 0 Å². The van der Waals surface area contributed by atoms with Crippen molar-refractivity contribution in [2.45, 2.75) is 31.9 Å². The smallest absolute Gasteiger partial charge is 0.0722 e. The van der Waals surface area contributed by atoms with Crippen molar-refractivity contribution in [1.29, 1.82) is 0 Å². The molecular formula is C8H17NO. The van der Waals surface area contributed by atoms with Crippen LogP contribution < -0.4 is 5.73 Å². The first-order valence-corrected chi connectivity index (χ1v) is 3.65. The first-order valence-electron chi connectivity index (χ1n) is 3.65. The molecule has 0 rings (SSSR count). The molecule has 0 aromatic carbocycles. The predicted molar refractivity (Wildman–Crippen MR) is 43.9 cm³/mol. The highest BCUT2D eigenvalue weighted by atomic mass is 16.5. The molecule has 0 bridgehead atoms. The fourth-order valence-corrected chi connectivity index (χ4v) is 0.988. The maximum absolute atomic E-state index is 5.75. The average molecular weight is 143 g/mol. The number of hydrogen-bond donors (Lipinski definition) is 1. The highest BCUT2D eigenvalue weighted by Gasteiger charge is 2.12. The van der Waals surface area contributed by atoms with E-state index in [1.54, 1.807) is 7.11 Å². The fourth-order valence-electron chi connectivity index (χ4n) is 0.988. The van der Waals surface area contributed by atoms with Gasteiger partial charge in [0.25, 0.3) is 0 Å². The molecule has 2 N–H and O–H groups in total. The van der Waals surface area contributed by atoms with Crippen LogP contribution in [0, 0.1) is 0 Å². The van der Waals surface area contributed by atoms with Crippen LogP contribution in [0.5, 0.6) is 0 Å². The summed E-state index contributed by atoms with van der Waals surface area (Å²) in [5.41, 5.74) is 5.75. The lowest BCUT2D eigenvalue weighted by molar-refractivity contribution is 0.0780. The molecule has 10 heavy (non-hydrogen) atoms. The summed E-state index contributed by atoms with van der Waals surface area (Å²) in [7, 11) is 1.69. The second-order valence-electron chi connectivity index (χ2n) is 2.37. The Labute approximate surface area is 63.1 Å². The van der Waals surface area contributed by atoms with E-state index in [1.807, 2.05) is 6.08 Å². The molecule has 2 nitrogen and oxygen atoms in total. The quantitative estimate of drug-likeness (QED) is 0.589. The Kier molecular flexibility index (Phi) is 5.26. The van der Waals surface area contributed by atoms with Crippen molar-refractivity contribution >= 4 is 0 Å². The predicted octanol–water partition coefficient (Wildman–Crippen LogP) is 1.31. The van der Waals surface area contributed by atoms with E-state index < -0.39 is 0 Å². The van der Waals surface area contributed by atoms with Gasteiger partial charge in [0.05, 0.1) is 6.10 Å². The van der Waals surface area contributed by atoms with E-state index in [9.17, 15) is 0 Å². The summed E-state index contributed by atoms with van der Waals surface area (Å²) in [6.45, 7) is 5.68. The molecule has 0 aliphatic carbocycles. The zero-order valence-electron chi connectivity index (χ0n) is 6.84. The summed E-state index contributed by atoms with van der Waals surface area (Å²) >= 11 is 0. The maximum Gasteiger partial charge on any atom is 0.0722 e. The number of methoxy groups -OCH3 is 1. The number of hydrogen-bond acceptors (Lipinski definition) is 2. The Morgan fingerprint density at radius 3 is 2.60 bits per heavy atom. The summed E-state index contributed by atoms with van der Waals surface area (Å²) < 4.78 is 5.14. The van der Waals surface area contributed by atoms with Gasteiger partial charge in [-0.05, 0) is 12.8 Å². The summed E-state index contributed by atoms with van der Waals surface area (Å²) in [5, 5.41) is 0. The molecule has 0 heterocycles. The molecule has 0 aromatic heterocycles. The Morgan fingerprint density at radius 2 is 2.30 bits per heavy atom. The first kappa shape index (κ1) is 9.66. The van der Waals surface area contributed by atoms with Crippen LogP contribution in [-0.2, 0) is 4.74 Å². The van der Waals surface area contributed by atoms with Gasteiger partial charge in [-0.1, -0.05) is 13.0 Å². The van der Waals surface area contributed by atoms with E-state index in [1.165, 1.54) is 0 Å². The van der Waals surface area contributed by atoms with Crippen LogP contribution in [0.2, 0.25) is 0 Å². The molecular weight excluding hydrogens is 126 g/mol. The molecule has 0 saturated heterocycles. The van der Waals surface area contributed by atoms with E-state index in [-0.39, 0.29) is 12.1 Å². The summed E-state index contributed by atoms with van der Waals surface area (Å²) in [4.78, 5) is 0. The van der Waals surface area contributed by atoms with Gasteiger partial charge < -0.3 is 10.5 Å².